The fourth-order valence-electron chi connectivity index (χ4n) is 1.89. The summed E-state index contributed by atoms with van der Waals surface area (Å²) in [6.07, 6.45) is 1.65. The minimum atomic E-state index is -0.194. The normalized spacial score (nSPS) is 11.1. The molecule has 2 N–H and O–H groups in total. The number of halogens is 1. The number of hydrazone groups is 1. The number of anilines is 1. The summed E-state index contributed by atoms with van der Waals surface area (Å²) in [5, 5.41) is 4.63. The summed E-state index contributed by atoms with van der Waals surface area (Å²) in [6.45, 7) is 0. The molecule has 0 aliphatic carbocycles. The van der Waals surface area contributed by atoms with Crippen molar-refractivity contribution in [1.82, 2.24) is 9.97 Å². The lowest BCUT2D eigenvalue weighted by Gasteiger charge is -2.01. The third-order valence-corrected chi connectivity index (χ3v) is 3.34. The lowest BCUT2D eigenvalue weighted by atomic mass is 10.2. The van der Waals surface area contributed by atoms with Crippen LogP contribution in [0.4, 0.5) is 5.95 Å². The smallest absolute Gasteiger partial charge is 0.260 e. The molecule has 0 atom stereocenters. The minimum Gasteiger partial charge on any atom is -0.291 e. The summed E-state index contributed by atoms with van der Waals surface area (Å²) in [6, 6.07) is 14.9. The van der Waals surface area contributed by atoms with Crippen molar-refractivity contribution in [3.05, 3.63) is 68.9 Å². The molecule has 0 radical (unpaired) electrons. The summed E-state index contributed by atoms with van der Waals surface area (Å²) < 4.78 is 0.976. The van der Waals surface area contributed by atoms with Gasteiger partial charge in [-0.3, -0.25) is 9.78 Å². The lowest BCUT2D eigenvalue weighted by Crippen LogP contribution is -2.10. The van der Waals surface area contributed by atoms with Crippen LogP contribution in [0.1, 0.15) is 5.56 Å². The predicted octanol–water partition coefficient (Wildman–Crippen LogP) is 3.13. The zero-order valence-corrected chi connectivity index (χ0v) is 12.5. The molecule has 6 heteroatoms. The first-order valence-corrected chi connectivity index (χ1v) is 7.05. The predicted molar refractivity (Wildman–Crippen MR) is 87.7 cm³/mol. The summed E-state index contributed by atoms with van der Waals surface area (Å²) in [4.78, 5) is 18.8. The van der Waals surface area contributed by atoms with Gasteiger partial charge in [0.1, 0.15) is 0 Å². The van der Waals surface area contributed by atoms with Crippen LogP contribution in [0.15, 0.2) is 62.9 Å². The maximum atomic E-state index is 11.9. The Hall–Kier alpha value is -2.47. The molecular weight excluding hydrogens is 332 g/mol. The van der Waals surface area contributed by atoms with Crippen LogP contribution in [0.2, 0.25) is 0 Å². The molecule has 0 bridgehead atoms. The first-order chi connectivity index (χ1) is 10.2. The van der Waals surface area contributed by atoms with E-state index in [0.717, 1.165) is 10.0 Å². The molecule has 2 aromatic carbocycles. The summed E-state index contributed by atoms with van der Waals surface area (Å²) in [5.41, 5.74) is 4.10. The Morgan fingerprint density at radius 2 is 2.05 bits per heavy atom. The van der Waals surface area contributed by atoms with Crippen molar-refractivity contribution in [3.8, 4) is 0 Å². The van der Waals surface area contributed by atoms with Crippen LogP contribution in [0, 0.1) is 0 Å². The zero-order chi connectivity index (χ0) is 14.7. The molecule has 0 saturated heterocycles. The quantitative estimate of drug-likeness (QED) is 0.567. The highest BCUT2D eigenvalue weighted by molar-refractivity contribution is 9.10. The Morgan fingerprint density at radius 3 is 2.90 bits per heavy atom. The van der Waals surface area contributed by atoms with Crippen molar-refractivity contribution in [2.45, 2.75) is 0 Å². The molecule has 3 rings (SSSR count). The Labute approximate surface area is 128 Å². The van der Waals surface area contributed by atoms with Crippen LogP contribution in [0.25, 0.3) is 10.9 Å². The first-order valence-electron chi connectivity index (χ1n) is 6.26. The van der Waals surface area contributed by atoms with E-state index in [2.05, 4.69) is 36.4 Å². The molecule has 0 aliphatic heterocycles. The Balaban J connectivity index is 1.84. The van der Waals surface area contributed by atoms with Gasteiger partial charge in [0, 0.05) is 4.47 Å². The van der Waals surface area contributed by atoms with E-state index in [4.69, 9.17) is 0 Å². The van der Waals surface area contributed by atoms with Crippen LogP contribution in [0.3, 0.4) is 0 Å². The molecule has 0 fully saturated rings. The molecule has 0 aliphatic rings. The molecule has 0 spiro atoms. The second-order valence-corrected chi connectivity index (χ2v) is 5.27. The largest absolute Gasteiger partial charge is 0.291 e. The van der Waals surface area contributed by atoms with Gasteiger partial charge in [0.2, 0.25) is 5.95 Å². The minimum absolute atomic E-state index is 0.194. The standard InChI is InChI=1S/C15H11BrN4O/c16-11-5-3-4-10(8-11)9-17-20-15-18-13-7-2-1-6-12(13)14(21)19-15/h1-9H,(H2,18,19,20,21)/b17-9+. The number of hydrogen-bond acceptors (Lipinski definition) is 4. The Bertz CT molecular complexity index is 873. The van der Waals surface area contributed by atoms with E-state index in [1.165, 1.54) is 0 Å². The van der Waals surface area contributed by atoms with E-state index in [1.807, 2.05) is 30.3 Å². The molecule has 0 saturated carbocycles. The molecular formula is C15H11BrN4O. The third kappa shape index (κ3) is 3.17. The van der Waals surface area contributed by atoms with Crippen LogP contribution < -0.4 is 11.0 Å². The van der Waals surface area contributed by atoms with E-state index in [1.54, 1.807) is 24.4 Å². The number of nitrogens with zero attached hydrogens (tertiary/aromatic N) is 2. The molecule has 5 nitrogen and oxygen atoms in total. The molecule has 0 unspecified atom stereocenters. The van der Waals surface area contributed by atoms with Gasteiger partial charge in [-0.05, 0) is 29.8 Å². The van der Waals surface area contributed by atoms with E-state index < -0.39 is 0 Å². The highest BCUT2D eigenvalue weighted by Gasteiger charge is 2.01. The van der Waals surface area contributed by atoms with Gasteiger partial charge in [-0.25, -0.2) is 10.4 Å². The molecule has 1 aromatic heterocycles. The first kappa shape index (κ1) is 13.5. The van der Waals surface area contributed by atoms with Gasteiger partial charge in [0.15, 0.2) is 0 Å². The second-order valence-electron chi connectivity index (χ2n) is 4.36. The monoisotopic (exact) mass is 342 g/mol. The average molecular weight is 343 g/mol. The van der Waals surface area contributed by atoms with Crippen molar-refractivity contribution < 1.29 is 0 Å². The molecule has 21 heavy (non-hydrogen) atoms. The summed E-state index contributed by atoms with van der Waals surface area (Å²) >= 11 is 3.39. The lowest BCUT2D eigenvalue weighted by molar-refractivity contribution is 1.12. The molecule has 104 valence electrons. The number of para-hydroxylation sites is 1. The van der Waals surface area contributed by atoms with Gasteiger partial charge < -0.3 is 0 Å². The van der Waals surface area contributed by atoms with Crippen molar-refractivity contribution >= 4 is 39.0 Å². The van der Waals surface area contributed by atoms with Gasteiger partial charge in [-0.15, -0.1) is 0 Å². The topological polar surface area (TPSA) is 70.1 Å². The second kappa shape index (κ2) is 5.88. The van der Waals surface area contributed by atoms with E-state index in [9.17, 15) is 4.79 Å². The molecule has 3 aromatic rings. The zero-order valence-electron chi connectivity index (χ0n) is 10.9. The number of aromatic amines is 1. The number of fused-ring (bicyclic) bond motifs is 1. The van der Waals surface area contributed by atoms with Gasteiger partial charge >= 0.3 is 0 Å². The van der Waals surface area contributed by atoms with Crippen LogP contribution >= 0.6 is 15.9 Å². The van der Waals surface area contributed by atoms with Gasteiger partial charge in [0.25, 0.3) is 5.56 Å². The summed E-state index contributed by atoms with van der Waals surface area (Å²) in [7, 11) is 0. The number of hydrogen-bond donors (Lipinski definition) is 2. The maximum Gasteiger partial charge on any atom is 0.260 e. The third-order valence-electron chi connectivity index (χ3n) is 2.85. The van der Waals surface area contributed by atoms with Crippen LogP contribution in [0.5, 0.6) is 0 Å². The van der Waals surface area contributed by atoms with Crippen molar-refractivity contribution in [3.63, 3.8) is 0 Å². The summed E-state index contributed by atoms with van der Waals surface area (Å²) in [5.74, 6) is 0.310. The van der Waals surface area contributed by atoms with Crippen molar-refractivity contribution in [1.29, 1.82) is 0 Å². The number of nitrogens with one attached hydrogen (secondary N) is 2. The van der Waals surface area contributed by atoms with Crippen LogP contribution in [-0.2, 0) is 0 Å². The highest BCUT2D eigenvalue weighted by Crippen LogP contribution is 2.10. The van der Waals surface area contributed by atoms with Gasteiger partial charge in [0.05, 0.1) is 17.1 Å². The number of aromatic nitrogens is 2. The highest BCUT2D eigenvalue weighted by atomic mass is 79.9. The SMILES string of the molecule is O=c1[nH]c(N/N=C/c2cccc(Br)c2)nc2ccccc12. The van der Waals surface area contributed by atoms with Crippen molar-refractivity contribution in [2.75, 3.05) is 5.43 Å². The van der Waals surface area contributed by atoms with Gasteiger partial charge in [-0.1, -0.05) is 40.2 Å². The fraction of sp³-hybridized carbons (Fsp3) is 0. The number of H-pyrrole nitrogens is 1. The average Bonchev–Trinajstić information content (AvgIpc) is 2.47. The van der Waals surface area contributed by atoms with Gasteiger partial charge in [-0.2, -0.15) is 5.10 Å². The maximum absolute atomic E-state index is 11.9. The number of rotatable bonds is 3. The Morgan fingerprint density at radius 1 is 1.19 bits per heavy atom. The van der Waals surface area contributed by atoms with Crippen molar-refractivity contribution in [2.24, 2.45) is 5.10 Å². The van der Waals surface area contributed by atoms with E-state index in [0.29, 0.717) is 16.9 Å². The van der Waals surface area contributed by atoms with E-state index >= 15 is 0 Å². The Kier molecular flexibility index (Phi) is 3.79. The van der Waals surface area contributed by atoms with Crippen LogP contribution in [-0.4, -0.2) is 16.2 Å². The fourth-order valence-corrected chi connectivity index (χ4v) is 2.31. The molecule has 0 amide bonds. The van der Waals surface area contributed by atoms with E-state index in [-0.39, 0.29) is 5.56 Å². The molecule has 1 heterocycles. The number of benzene rings is 2.